The quantitative estimate of drug-likeness (QED) is 0.938. The van der Waals surface area contributed by atoms with Crippen LogP contribution < -0.4 is 5.32 Å². The van der Waals surface area contributed by atoms with Crippen LogP contribution in [0.4, 0.5) is 4.39 Å². The topological polar surface area (TPSA) is 37.8 Å². The molecule has 3 nitrogen and oxygen atoms in total. The van der Waals surface area contributed by atoms with Crippen molar-refractivity contribution in [3.05, 3.63) is 46.2 Å². The van der Waals surface area contributed by atoms with Crippen LogP contribution in [0.5, 0.6) is 0 Å². The third-order valence-corrected chi connectivity index (χ3v) is 4.06. The molecular weight excluding hydrogens is 273 g/mol. The van der Waals surface area contributed by atoms with Crippen LogP contribution in [0.25, 0.3) is 0 Å². The summed E-state index contributed by atoms with van der Waals surface area (Å²) in [7, 11) is 1.91. The summed E-state index contributed by atoms with van der Waals surface area (Å²) in [6, 6.07) is 6.83. The van der Waals surface area contributed by atoms with E-state index in [2.05, 4.69) is 35.7 Å². The second-order valence-electron chi connectivity index (χ2n) is 5.91. The molecule has 0 bridgehead atoms. The zero-order valence-corrected chi connectivity index (χ0v) is 13.1. The molecule has 1 aromatic carbocycles. The van der Waals surface area contributed by atoms with Crippen LogP contribution in [-0.2, 0) is 11.8 Å². The van der Waals surface area contributed by atoms with E-state index < -0.39 is 0 Å². The molecule has 108 valence electrons. The molecular formula is C15H20FN3S. The normalized spacial score (nSPS) is 13.4. The van der Waals surface area contributed by atoms with E-state index in [1.54, 1.807) is 12.1 Å². The summed E-state index contributed by atoms with van der Waals surface area (Å²) < 4.78 is 17.4. The van der Waals surface area contributed by atoms with E-state index in [0.717, 1.165) is 22.6 Å². The number of likely N-dealkylation sites (N-methyl/N-ethyl adjacent to an activating group) is 1. The standard InChI is InChI=1S/C15H20FN3S/c1-15(2,3)14-13(20-19-18-14)12(17-4)9-10-6-5-7-11(16)8-10/h5-8,12,17H,9H2,1-4H3. The molecule has 0 saturated carbocycles. The highest BCUT2D eigenvalue weighted by molar-refractivity contribution is 7.05. The average Bonchev–Trinajstić information content (AvgIpc) is 2.85. The van der Waals surface area contributed by atoms with Crippen molar-refractivity contribution in [2.45, 2.75) is 38.6 Å². The van der Waals surface area contributed by atoms with Gasteiger partial charge in [0.1, 0.15) is 5.82 Å². The molecule has 5 heteroatoms. The number of nitrogens with one attached hydrogen (secondary N) is 1. The van der Waals surface area contributed by atoms with Gasteiger partial charge in [-0.1, -0.05) is 37.4 Å². The molecule has 0 amide bonds. The Balaban J connectivity index is 2.27. The largest absolute Gasteiger partial charge is 0.312 e. The van der Waals surface area contributed by atoms with Crippen molar-refractivity contribution in [3.63, 3.8) is 0 Å². The fourth-order valence-electron chi connectivity index (χ4n) is 2.17. The number of benzene rings is 1. The van der Waals surface area contributed by atoms with Gasteiger partial charge in [-0.15, -0.1) is 5.10 Å². The lowest BCUT2D eigenvalue weighted by atomic mass is 9.89. The van der Waals surface area contributed by atoms with Crippen molar-refractivity contribution < 1.29 is 4.39 Å². The van der Waals surface area contributed by atoms with E-state index >= 15 is 0 Å². The maximum Gasteiger partial charge on any atom is 0.123 e. The summed E-state index contributed by atoms with van der Waals surface area (Å²) in [5, 5.41) is 7.56. The van der Waals surface area contributed by atoms with Gasteiger partial charge in [0, 0.05) is 11.5 Å². The molecule has 1 N–H and O–H groups in total. The van der Waals surface area contributed by atoms with E-state index in [1.165, 1.54) is 17.6 Å². The van der Waals surface area contributed by atoms with Crippen LogP contribution in [0.3, 0.4) is 0 Å². The summed E-state index contributed by atoms with van der Waals surface area (Å²) >= 11 is 1.42. The van der Waals surface area contributed by atoms with E-state index in [0.29, 0.717) is 0 Å². The molecule has 1 unspecified atom stereocenters. The zero-order chi connectivity index (χ0) is 14.8. The van der Waals surface area contributed by atoms with Crippen LogP contribution >= 0.6 is 11.5 Å². The summed E-state index contributed by atoms with van der Waals surface area (Å²) in [6.45, 7) is 6.38. The molecule has 0 saturated heterocycles. The maximum atomic E-state index is 13.3. The Morgan fingerprint density at radius 2 is 2.10 bits per heavy atom. The van der Waals surface area contributed by atoms with Gasteiger partial charge in [-0.2, -0.15) is 0 Å². The predicted octanol–water partition coefficient (Wildman–Crippen LogP) is 3.48. The van der Waals surface area contributed by atoms with Gasteiger partial charge < -0.3 is 5.32 Å². The molecule has 1 aromatic heterocycles. The van der Waals surface area contributed by atoms with Gasteiger partial charge in [0.2, 0.25) is 0 Å². The SMILES string of the molecule is CNC(Cc1cccc(F)c1)c1snnc1C(C)(C)C. The molecule has 1 atom stereocenters. The Morgan fingerprint density at radius 3 is 2.70 bits per heavy atom. The molecule has 2 aromatic rings. The molecule has 1 heterocycles. The molecule has 20 heavy (non-hydrogen) atoms. The van der Waals surface area contributed by atoms with Gasteiger partial charge in [-0.05, 0) is 42.7 Å². The maximum absolute atomic E-state index is 13.3. The lowest BCUT2D eigenvalue weighted by molar-refractivity contribution is 0.529. The Kier molecular flexibility index (Phi) is 4.50. The molecule has 0 radical (unpaired) electrons. The number of hydrogen-bond acceptors (Lipinski definition) is 4. The fraction of sp³-hybridized carbons (Fsp3) is 0.467. The highest BCUT2D eigenvalue weighted by Gasteiger charge is 2.26. The van der Waals surface area contributed by atoms with Crippen molar-refractivity contribution >= 4 is 11.5 Å². The van der Waals surface area contributed by atoms with Gasteiger partial charge in [-0.3, -0.25) is 0 Å². The first-order valence-electron chi connectivity index (χ1n) is 6.66. The number of hydrogen-bond donors (Lipinski definition) is 1. The highest BCUT2D eigenvalue weighted by atomic mass is 32.1. The highest BCUT2D eigenvalue weighted by Crippen LogP contribution is 2.31. The van der Waals surface area contributed by atoms with Crippen LogP contribution in [0, 0.1) is 5.82 Å². The summed E-state index contributed by atoms with van der Waals surface area (Å²) in [5.74, 6) is -0.198. The van der Waals surface area contributed by atoms with Crippen molar-refractivity contribution in [2.24, 2.45) is 0 Å². The van der Waals surface area contributed by atoms with E-state index in [1.807, 2.05) is 13.1 Å². The van der Waals surface area contributed by atoms with Crippen LogP contribution in [-0.4, -0.2) is 16.6 Å². The smallest absolute Gasteiger partial charge is 0.123 e. The number of aromatic nitrogens is 2. The first kappa shape index (κ1) is 15.1. The average molecular weight is 293 g/mol. The molecule has 0 aliphatic rings. The first-order chi connectivity index (χ1) is 9.41. The minimum Gasteiger partial charge on any atom is -0.312 e. The third kappa shape index (κ3) is 3.41. The lowest BCUT2D eigenvalue weighted by Gasteiger charge is -2.21. The number of halogens is 1. The minimum absolute atomic E-state index is 0.0423. The lowest BCUT2D eigenvalue weighted by Crippen LogP contribution is -2.23. The van der Waals surface area contributed by atoms with Crippen LogP contribution in [0.15, 0.2) is 24.3 Å². The molecule has 0 aliphatic heterocycles. The van der Waals surface area contributed by atoms with Crippen LogP contribution in [0.2, 0.25) is 0 Å². The zero-order valence-electron chi connectivity index (χ0n) is 12.3. The molecule has 0 spiro atoms. The van der Waals surface area contributed by atoms with Gasteiger partial charge in [-0.25, -0.2) is 4.39 Å². The molecule has 0 aliphatic carbocycles. The molecule has 0 fully saturated rings. The number of rotatable bonds is 4. The van der Waals surface area contributed by atoms with Crippen LogP contribution in [0.1, 0.15) is 42.9 Å². The minimum atomic E-state index is -0.198. The van der Waals surface area contributed by atoms with Gasteiger partial charge >= 0.3 is 0 Å². The van der Waals surface area contributed by atoms with Crippen molar-refractivity contribution in [2.75, 3.05) is 7.05 Å². The van der Waals surface area contributed by atoms with Crippen molar-refractivity contribution in [3.8, 4) is 0 Å². The van der Waals surface area contributed by atoms with Gasteiger partial charge in [0.05, 0.1) is 10.6 Å². The van der Waals surface area contributed by atoms with Gasteiger partial charge in [0.25, 0.3) is 0 Å². The Morgan fingerprint density at radius 1 is 1.35 bits per heavy atom. The van der Waals surface area contributed by atoms with Crippen molar-refractivity contribution in [1.82, 2.24) is 14.9 Å². The Hall–Kier alpha value is -1.33. The summed E-state index contributed by atoms with van der Waals surface area (Å²) in [6.07, 6.45) is 0.723. The second kappa shape index (κ2) is 5.97. The van der Waals surface area contributed by atoms with Crippen molar-refractivity contribution in [1.29, 1.82) is 0 Å². The fourth-order valence-corrected chi connectivity index (χ4v) is 3.14. The molecule has 2 rings (SSSR count). The first-order valence-corrected chi connectivity index (χ1v) is 7.43. The predicted molar refractivity (Wildman–Crippen MR) is 80.5 cm³/mol. The Bertz CT molecular complexity index is 574. The summed E-state index contributed by atoms with van der Waals surface area (Å²) in [4.78, 5) is 1.13. The van der Waals surface area contributed by atoms with Gasteiger partial charge in [0.15, 0.2) is 0 Å². The third-order valence-electron chi connectivity index (χ3n) is 3.22. The number of nitrogens with zero attached hydrogens (tertiary/aromatic N) is 2. The van der Waals surface area contributed by atoms with E-state index in [4.69, 9.17) is 0 Å². The van der Waals surface area contributed by atoms with E-state index in [9.17, 15) is 4.39 Å². The second-order valence-corrected chi connectivity index (χ2v) is 6.70. The van der Waals surface area contributed by atoms with E-state index in [-0.39, 0.29) is 17.3 Å². The monoisotopic (exact) mass is 293 g/mol. The summed E-state index contributed by atoms with van der Waals surface area (Å²) in [5.41, 5.74) is 1.94. The Labute approximate surface area is 123 Å².